The molecule has 3 nitrogen and oxygen atoms in total. The summed E-state index contributed by atoms with van der Waals surface area (Å²) in [5.41, 5.74) is 5.04. The van der Waals surface area contributed by atoms with Gasteiger partial charge in [-0.15, -0.1) is 0 Å². The van der Waals surface area contributed by atoms with Crippen molar-refractivity contribution in [3.05, 3.63) is 29.3 Å². The number of aryl methyl sites for hydroxylation is 1. The van der Waals surface area contributed by atoms with Crippen LogP contribution in [-0.2, 0) is 0 Å². The summed E-state index contributed by atoms with van der Waals surface area (Å²) in [6.45, 7) is 6.75. The van der Waals surface area contributed by atoms with E-state index in [-0.39, 0.29) is 6.04 Å². The fraction of sp³-hybridized carbons (Fsp3) is 0.455. The molecule has 1 rings (SSSR count). The van der Waals surface area contributed by atoms with Crippen LogP contribution in [0.15, 0.2) is 18.2 Å². The smallest absolute Gasteiger partial charge is 0.122 e. The number of rotatable bonds is 4. The highest BCUT2D eigenvalue weighted by Gasteiger charge is 2.05. The van der Waals surface area contributed by atoms with Gasteiger partial charge in [0.1, 0.15) is 5.75 Å². The van der Waals surface area contributed by atoms with Gasteiger partial charge in [0.2, 0.25) is 0 Å². The van der Waals surface area contributed by atoms with E-state index in [0.717, 1.165) is 11.3 Å². The van der Waals surface area contributed by atoms with Gasteiger partial charge < -0.3 is 4.74 Å². The number of nitrogens with one attached hydrogen (secondary N) is 1. The van der Waals surface area contributed by atoms with E-state index in [2.05, 4.69) is 11.5 Å². The molecule has 0 heterocycles. The predicted molar refractivity (Wildman–Crippen MR) is 58.1 cm³/mol. The summed E-state index contributed by atoms with van der Waals surface area (Å²) in [5, 5.41) is 0. The molecular formula is C11H18N2O. The Morgan fingerprint density at radius 1 is 1.50 bits per heavy atom. The molecule has 1 aromatic rings. The van der Waals surface area contributed by atoms with Crippen LogP contribution in [0.4, 0.5) is 0 Å². The molecule has 1 unspecified atom stereocenters. The number of hydrogen-bond acceptors (Lipinski definition) is 3. The van der Waals surface area contributed by atoms with Crippen molar-refractivity contribution >= 4 is 0 Å². The lowest BCUT2D eigenvalue weighted by atomic mass is 10.1. The Bertz CT molecular complexity index is 299. The summed E-state index contributed by atoms with van der Waals surface area (Å²) in [7, 11) is 0. The van der Waals surface area contributed by atoms with Gasteiger partial charge in [0.25, 0.3) is 0 Å². The summed E-state index contributed by atoms with van der Waals surface area (Å²) in [6, 6.07) is 6.28. The van der Waals surface area contributed by atoms with Crippen LogP contribution in [0.25, 0.3) is 0 Å². The normalized spacial score (nSPS) is 12.6. The number of ether oxygens (including phenoxy) is 1. The van der Waals surface area contributed by atoms with Crippen LogP contribution in [0.1, 0.15) is 31.0 Å². The van der Waals surface area contributed by atoms with Gasteiger partial charge in [0.15, 0.2) is 0 Å². The third kappa shape index (κ3) is 2.47. The van der Waals surface area contributed by atoms with Gasteiger partial charge >= 0.3 is 0 Å². The van der Waals surface area contributed by atoms with E-state index < -0.39 is 0 Å². The van der Waals surface area contributed by atoms with Crippen LogP contribution in [0, 0.1) is 6.92 Å². The standard InChI is InChI=1S/C11H18N2O/c1-4-14-11-6-5-10(7-8(11)2)9(3)13-12/h5-7,9,13H,4,12H2,1-3H3. The van der Waals surface area contributed by atoms with E-state index in [9.17, 15) is 0 Å². The molecule has 0 fully saturated rings. The number of hydrazine groups is 1. The summed E-state index contributed by atoms with van der Waals surface area (Å²) in [6.07, 6.45) is 0. The van der Waals surface area contributed by atoms with E-state index in [1.165, 1.54) is 5.56 Å². The minimum atomic E-state index is 0.171. The lowest BCUT2D eigenvalue weighted by Crippen LogP contribution is -2.25. The summed E-state index contributed by atoms with van der Waals surface area (Å²) < 4.78 is 5.45. The second kappa shape index (κ2) is 4.98. The average Bonchev–Trinajstić information content (AvgIpc) is 2.20. The molecule has 78 valence electrons. The fourth-order valence-corrected chi connectivity index (χ4v) is 1.36. The Balaban J connectivity index is 2.88. The Hall–Kier alpha value is -1.06. The minimum Gasteiger partial charge on any atom is -0.494 e. The van der Waals surface area contributed by atoms with E-state index in [1.807, 2.05) is 32.9 Å². The second-order valence-corrected chi connectivity index (χ2v) is 3.35. The lowest BCUT2D eigenvalue weighted by molar-refractivity contribution is 0.337. The molecule has 0 aliphatic heterocycles. The minimum absolute atomic E-state index is 0.171. The van der Waals surface area contributed by atoms with Gasteiger partial charge in [0.05, 0.1) is 6.61 Å². The van der Waals surface area contributed by atoms with Crippen molar-refractivity contribution < 1.29 is 4.74 Å². The fourth-order valence-electron chi connectivity index (χ4n) is 1.36. The third-order valence-electron chi connectivity index (χ3n) is 2.25. The number of hydrogen-bond donors (Lipinski definition) is 2. The van der Waals surface area contributed by atoms with Gasteiger partial charge in [-0.25, -0.2) is 0 Å². The first-order valence-electron chi connectivity index (χ1n) is 4.88. The predicted octanol–water partition coefficient (Wildman–Crippen LogP) is 1.92. The monoisotopic (exact) mass is 194 g/mol. The molecule has 0 amide bonds. The van der Waals surface area contributed by atoms with Crippen molar-refractivity contribution in [1.29, 1.82) is 0 Å². The zero-order valence-electron chi connectivity index (χ0n) is 9.00. The van der Waals surface area contributed by atoms with Crippen LogP contribution in [0.3, 0.4) is 0 Å². The molecule has 0 aromatic heterocycles. The lowest BCUT2D eigenvalue weighted by Gasteiger charge is -2.13. The van der Waals surface area contributed by atoms with E-state index in [4.69, 9.17) is 10.6 Å². The molecule has 14 heavy (non-hydrogen) atoms. The maximum absolute atomic E-state index is 5.45. The second-order valence-electron chi connectivity index (χ2n) is 3.35. The number of benzene rings is 1. The van der Waals surface area contributed by atoms with E-state index in [1.54, 1.807) is 0 Å². The summed E-state index contributed by atoms with van der Waals surface area (Å²) in [5.74, 6) is 6.31. The van der Waals surface area contributed by atoms with Crippen molar-refractivity contribution in [3.63, 3.8) is 0 Å². The zero-order chi connectivity index (χ0) is 10.6. The van der Waals surface area contributed by atoms with Crippen molar-refractivity contribution in [2.45, 2.75) is 26.8 Å². The van der Waals surface area contributed by atoms with Crippen LogP contribution in [0.2, 0.25) is 0 Å². The van der Waals surface area contributed by atoms with E-state index in [0.29, 0.717) is 6.61 Å². The van der Waals surface area contributed by atoms with Crippen molar-refractivity contribution in [3.8, 4) is 5.75 Å². The Labute approximate surface area is 85.2 Å². The Morgan fingerprint density at radius 3 is 2.71 bits per heavy atom. The topological polar surface area (TPSA) is 47.3 Å². The molecule has 0 saturated heterocycles. The first-order chi connectivity index (χ1) is 6.69. The largest absolute Gasteiger partial charge is 0.494 e. The van der Waals surface area contributed by atoms with Gasteiger partial charge in [-0.1, -0.05) is 12.1 Å². The highest BCUT2D eigenvalue weighted by atomic mass is 16.5. The molecule has 0 bridgehead atoms. The molecule has 0 aliphatic rings. The quantitative estimate of drug-likeness (QED) is 0.568. The van der Waals surface area contributed by atoms with Gasteiger partial charge in [-0.3, -0.25) is 11.3 Å². The Kier molecular flexibility index (Phi) is 3.92. The molecule has 0 aliphatic carbocycles. The summed E-state index contributed by atoms with van der Waals surface area (Å²) in [4.78, 5) is 0. The Morgan fingerprint density at radius 2 is 2.21 bits per heavy atom. The number of nitrogens with two attached hydrogens (primary N) is 1. The highest BCUT2D eigenvalue weighted by Crippen LogP contribution is 2.22. The zero-order valence-corrected chi connectivity index (χ0v) is 9.00. The molecule has 0 saturated carbocycles. The van der Waals surface area contributed by atoms with Crippen LogP contribution >= 0.6 is 0 Å². The third-order valence-corrected chi connectivity index (χ3v) is 2.25. The first kappa shape index (κ1) is 11.0. The van der Waals surface area contributed by atoms with Gasteiger partial charge in [-0.2, -0.15) is 0 Å². The maximum atomic E-state index is 5.45. The van der Waals surface area contributed by atoms with Crippen LogP contribution < -0.4 is 16.0 Å². The average molecular weight is 194 g/mol. The van der Waals surface area contributed by atoms with Crippen molar-refractivity contribution in [2.75, 3.05) is 6.61 Å². The maximum Gasteiger partial charge on any atom is 0.122 e. The van der Waals surface area contributed by atoms with Crippen LogP contribution in [0.5, 0.6) is 5.75 Å². The van der Waals surface area contributed by atoms with E-state index >= 15 is 0 Å². The summed E-state index contributed by atoms with van der Waals surface area (Å²) >= 11 is 0. The van der Waals surface area contributed by atoms with Gasteiger partial charge in [-0.05, 0) is 38.0 Å². The molecule has 0 radical (unpaired) electrons. The van der Waals surface area contributed by atoms with Crippen molar-refractivity contribution in [1.82, 2.24) is 5.43 Å². The SMILES string of the molecule is CCOc1ccc(C(C)NN)cc1C. The molecule has 1 aromatic carbocycles. The molecule has 0 spiro atoms. The van der Waals surface area contributed by atoms with Crippen molar-refractivity contribution in [2.24, 2.45) is 5.84 Å². The molecular weight excluding hydrogens is 176 g/mol. The molecule has 3 N–H and O–H groups in total. The van der Waals surface area contributed by atoms with Gasteiger partial charge in [0, 0.05) is 6.04 Å². The van der Waals surface area contributed by atoms with Crippen LogP contribution in [-0.4, -0.2) is 6.61 Å². The molecule has 1 atom stereocenters. The highest BCUT2D eigenvalue weighted by molar-refractivity contribution is 5.37. The first-order valence-corrected chi connectivity index (χ1v) is 4.88. The molecule has 3 heteroatoms.